The smallest absolute Gasteiger partial charge is 0.125 e. The highest BCUT2D eigenvalue weighted by molar-refractivity contribution is 5.07. The Labute approximate surface area is 67.3 Å². The summed E-state index contributed by atoms with van der Waals surface area (Å²) in [4.78, 5) is 2.01. The van der Waals surface area contributed by atoms with Crippen molar-refractivity contribution in [3.05, 3.63) is 11.8 Å². The van der Waals surface area contributed by atoms with Gasteiger partial charge in [-0.05, 0) is 27.1 Å². The lowest BCUT2D eigenvalue weighted by atomic mass is 10.2. The maximum atomic E-state index is 9.26. The molecule has 0 unspecified atom stereocenters. The standard InChI is InChI=1S/C8H15NO2/c1-6-8(10)4-7(11-6)5-9(2)3/h4,6,8,10H,5H2,1-3H3/t6-,8+/m1/s1. The van der Waals surface area contributed by atoms with Gasteiger partial charge in [0.05, 0.1) is 6.54 Å². The average molecular weight is 157 g/mol. The summed E-state index contributed by atoms with van der Waals surface area (Å²) in [5.41, 5.74) is 0. The maximum Gasteiger partial charge on any atom is 0.125 e. The van der Waals surface area contributed by atoms with Crippen molar-refractivity contribution in [2.45, 2.75) is 19.1 Å². The van der Waals surface area contributed by atoms with E-state index >= 15 is 0 Å². The molecule has 1 aliphatic rings. The first-order valence-corrected chi connectivity index (χ1v) is 3.79. The molecule has 0 aromatic heterocycles. The highest BCUT2D eigenvalue weighted by Gasteiger charge is 2.22. The van der Waals surface area contributed by atoms with Crippen LogP contribution in [0.3, 0.4) is 0 Å². The van der Waals surface area contributed by atoms with Gasteiger partial charge in [-0.15, -0.1) is 0 Å². The Hall–Kier alpha value is -0.540. The van der Waals surface area contributed by atoms with E-state index in [4.69, 9.17) is 4.74 Å². The third kappa shape index (κ3) is 2.20. The van der Waals surface area contributed by atoms with Gasteiger partial charge in [0.2, 0.25) is 0 Å². The summed E-state index contributed by atoms with van der Waals surface area (Å²) < 4.78 is 5.35. The minimum Gasteiger partial charge on any atom is -0.491 e. The number of hydrogen-bond acceptors (Lipinski definition) is 3. The molecule has 3 heteroatoms. The van der Waals surface area contributed by atoms with E-state index in [1.54, 1.807) is 6.08 Å². The zero-order valence-electron chi connectivity index (χ0n) is 7.24. The fourth-order valence-electron chi connectivity index (χ4n) is 1.08. The van der Waals surface area contributed by atoms with Gasteiger partial charge in [-0.2, -0.15) is 0 Å². The number of nitrogens with zero attached hydrogens (tertiary/aromatic N) is 1. The summed E-state index contributed by atoms with van der Waals surface area (Å²) >= 11 is 0. The van der Waals surface area contributed by atoms with Crippen LogP contribution in [0.2, 0.25) is 0 Å². The molecule has 0 saturated carbocycles. The molecule has 0 spiro atoms. The first-order chi connectivity index (χ1) is 5.09. The Bertz CT molecular complexity index is 165. The summed E-state index contributed by atoms with van der Waals surface area (Å²) in [6.45, 7) is 2.63. The Balaban J connectivity index is 2.43. The fraction of sp³-hybridized carbons (Fsp3) is 0.750. The highest BCUT2D eigenvalue weighted by atomic mass is 16.5. The Morgan fingerprint density at radius 2 is 2.27 bits per heavy atom. The van der Waals surface area contributed by atoms with Crippen molar-refractivity contribution in [3.8, 4) is 0 Å². The zero-order valence-corrected chi connectivity index (χ0v) is 7.24. The summed E-state index contributed by atoms with van der Waals surface area (Å²) in [5.74, 6) is 0.870. The number of ether oxygens (including phenoxy) is 1. The molecule has 0 aromatic rings. The fourth-order valence-corrected chi connectivity index (χ4v) is 1.08. The van der Waals surface area contributed by atoms with E-state index in [0.717, 1.165) is 12.3 Å². The molecule has 1 heterocycles. The SMILES string of the molecule is C[C@H]1OC(CN(C)C)=C[C@@H]1O. The molecule has 0 amide bonds. The van der Waals surface area contributed by atoms with Crippen molar-refractivity contribution in [2.24, 2.45) is 0 Å². The van der Waals surface area contributed by atoms with E-state index in [0.29, 0.717) is 0 Å². The van der Waals surface area contributed by atoms with Gasteiger partial charge < -0.3 is 14.7 Å². The normalized spacial score (nSPS) is 30.5. The molecule has 11 heavy (non-hydrogen) atoms. The third-order valence-electron chi connectivity index (χ3n) is 1.65. The Morgan fingerprint density at radius 1 is 1.64 bits per heavy atom. The quantitative estimate of drug-likeness (QED) is 0.622. The minimum atomic E-state index is -0.426. The minimum absolute atomic E-state index is 0.0788. The summed E-state index contributed by atoms with van der Waals surface area (Å²) in [7, 11) is 3.94. The summed E-state index contributed by atoms with van der Waals surface area (Å²) in [6, 6.07) is 0. The van der Waals surface area contributed by atoms with Crippen molar-refractivity contribution >= 4 is 0 Å². The van der Waals surface area contributed by atoms with Gasteiger partial charge in [0, 0.05) is 0 Å². The van der Waals surface area contributed by atoms with E-state index in [2.05, 4.69) is 0 Å². The van der Waals surface area contributed by atoms with Crippen LogP contribution in [0.15, 0.2) is 11.8 Å². The molecule has 0 aliphatic carbocycles. The van der Waals surface area contributed by atoms with Crippen LogP contribution in [0.25, 0.3) is 0 Å². The summed E-state index contributed by atoms with van der Waals surface area (Å²) in [6.07, 6.45) is 1.26. The second kappa shape index (κ2) is 3.24. The Morgan fingerprint density at radius 3 is 2.64 bits per heavy atom. The van der Waals surface area contributed by atoms with E-state index in [-0.39, 0.29) is 6.10 Å². The number of hydrogen-bond donors (Lipinski definition) is 1. The van der Waals surface area contributed by atoms with Crippen LogP contribution in [-0.2, 0) is 4.74 Å². The molecule has 1 N–H and O–H groups in total. The third-order valence-corrected chi connectivity index (χ3v) is 1.65. The molecule has 0 bridgehead atoms. The maximum absolute atomic E-state index is 9.26. The molecule has 3 nitrogen and oxygen atoms in total. The average Bonchev–Trinajstić information content (AvgIpc) is 2.10. The first-order valence-electron chi connectivity index (χ1n) is 3.79. The van der Waals surface area contributed by atoms with E-state index in [9.17, 15) is 5.11 Å². The van der Waals surface area contributed by atoms with E-state index in [1.165, 1.54) is 0 Å². The lowest BCUT2D eigenvalue weighted by Gasteiger charge is -2.13. The van der Waals surface area contributed by atoms with Crippen LogP contribution >= 0.6 is 0 Å². The van der Waals surface area contributed by atoms with Crippen LogP contribution in [0.4, 0.5) is 0 Å². The molecule has 0 fully saturated rings. The molecule has 2 atom stereocenters. The number of aliphatic hydroxyl groups is 1. The predicted octanol–water partition coefficient (Wildman–Crippen LogP) is 0.212. The zero-order chi connectivity index (χ0) is 8.43. The second-order valence-corrected chi connectivity index (χ2v) is 3.18. The Kier molecular flexibility index (Phi) is 2.52. The van der Waals surface area contributed by atoms with Gasteiger partial charge in [0.1, 0.15) is 18.0 Å². The lowest BCUT2D eigenvalue weighted by molar-refractivity contribution is 0.0596. The van der Waals surface area contributed by atoms with Crippen molar-refractivity contribution in [3.63, 3.8) is 0 Å². The van der Waals surface area contributed by atoms with Gasteiger partial charge in [-0.25, -0.2) is 0 Å². The highest BCUT2D eigenvalue weighted by Crippen LogP contribution is 2.17. The molecule has 0 saturated heterocycles. The summed E-state index contributed by atoms with van der Waals surface area (Å²) in [5, 5.41) is 9.26. The van der Waals surface area contributed by atoms with Gasteiger partial charge in [-0.3, -0.25) is 0 Å². The van der Waals surface area contributed by atoms with Crippen LogP contribution in [0.1, 0.15) is 6.92 Å². The van der Waals surface area contributed by atoms with Crippen molar-refractivity contribution < 1.29 is 9.84 Å². The van der Waals surface area contributed by atoms with Gasteiger partial charge >= 0.3 is 0 Å². The van der Waals surface area contributed by atoms with E-state index in [1.807, 2.05) is 25.9 Å². The number of likely N-dealkylation sites (N-methyl/N-ethyl adjacent to an activating group) is 1. The van der Waals surface area contributed by atoms with Gasteiger partial charge in [0.25, 0.3) is 0 Å². The molecule has 1 aliphatic heterocycles. The van der Waals surface area contributed by atoms with Crippen molar-refractivity contribution in [1.29, 1.82) is 0 Å². The lowest BCUT2D eigenvalue weighted by Crippen LogP contribution is -2.18. The van der Waals surface area contributed by atoms with Crippen LogP contribution in [0, 0.1) is 0 Å². The molecule has 1 rings (SSSR count). The molecule has 0 aromatic carbocycles. The first kappa shape index (κ1) is 8.56. The topological polar surface area (TPSA) is 32.7 Å². The monoisotopic (exact) mass is 157 g/mol. The molecule has 64 valence electrons. The van der Waals surface area contributed by atoms with Crippen LogP contribution in [0.5, 0.6) is 0 Å². The predicted molar refractivity (Wildman–Crippen MR) is 43.2 cm³/mol. The number of aliphatic hydroxyl groups excluding tert-OH is 1. The van der Waals surface area contributed by atoms with Crippen molar-refractivity contribution in [1.82, 2.24) is 4.90 Å². The van der Waals surface area contributed by atoms with Gasteiger partial charge in [-0.1, -0.05) is 0 Å². The van der Waals surface area contributed by atoms with Crippen LogP contribution in [-0.4, -0.2) is 42.9 Å². The molecular formula is C8H15NO2. The molecule has 0 radical (unpaired) electrons. The van der Waals surface area contributed by atoms with Crippen molar-refractivity contribution in [2.75, 3.05) is 20.6 Å². The van der Waals surface area contributed by atoms with Crippen LogP contribution < -0.4 is 0 Å². The number of rotatable bonds is 2. The second-order valence-electron chi connectivity index (χ2n) is 3.18. The van der Waals surface area contributed by atoms with Gasteiger partial charge in [0.15, 0.2) is 0 Å². The van der Waals surface area contributed by atoms with E-state index < -0.39 is 6.10 Å². The largest absolute Gasteiger partial charge is 0.491 e. The molecular weight excluding hydrogens is 142 g/mol.